The highest BCUT2D eigenvalue weighted by molar-refractivity contribution is 9.10. The molecule has 1 aromatic carbocycles. The molecule has 0 radical (unpaired) electrons. The molecule has 1 atom stereocenters. The number of halogens is 1. The Balaban J connectivity index is 2.18. The molecule has 0 aliphatic rings. The lowest BCUT2D eigenvalue weighted by Gasteiger charge is -1.99. The van der Waals surface area contributed by atoms with Crippen LogP contribution in [-0.4, -0.2) is 15.2 Å². The Hall–Kier alpha value is -1.20. The highest BCUT2D eigenvalue weighted by Gasteiger charge is 2.11. The van der Waals surface area contributed by atoms with Gasteiger partial charge in [-0.1, -0.05) is 39.3 Å². The molecule has 0 aliphatic heterocycles. The zero-order valence-electron chi connectivity index (χ0n) is 8.72. The third-order valence-electron chi connectivity index (χ3n) is 2.16. The molecule has 0 saturated carbocycles. The second-order valence-corrected chi connectivity index (χ2v) is 4.34. The molecule has 2 aromatic rings. The quantitative estimate of drug-likeness (QED) is 0.940. The first-order valence-corrected chi connectivity index (χ1v) is 5.70. The maximum absolute atomic E-state index is 9.26. The minimum atomic E-state index is -0.697. The molecule has 1 heterocycles. The van der Waals surface area contributed by atoms with Crippen LogP contribution in [0.1, 0.15) is 30.3 Å². The van der Waals surface area contributed by atoms with Gasteiger partial charge < -0.3 is 9.63 Å². The minimum Gasteiger partial charge on any atom is -0.385 e. The van der Waals surface area contributed by atoms with E-state index in [1.54, 1.807) is 6.92 Å². The van der Waals surface area contributed by atoms with Crippen molar-refractivity contribution < 1.29 is 9.63 Å². The smallest absolute Gasteiger partial charge is 0.231 e. The molecule has 5 heteroatoms. The first-order valence-electron chi connectivity index (χ1n) is 4.91. The molecule has 4 nitrogen and oxygen atoms in total. The van der Waals surface area contributed by atoms with E-state index in [4.69, 9.17) is 4.52 Å². The summed E-state index contributed by atoms with van der Waals surface area (Å²) in [6.07, 6.45) is -0.141. The Morgan fingerprint density at radius 1 is 1.44 bits per heavy atom. The van der Waals surface area contributed by atoms with Gasteiger partial charge in [0.25, 0.3) is 0 Å². The molecule has 84 valence electrons. The maximum Gasteiger partial charge on any atom is 0.231 e. The van der Waals surface area contributed by atoms with Crippen LogP contribution in [-0.2, 0) is 6.42 Å². The second-order valence-electron chi connectivity index (χ2n) is 3.49. The molecule has 0 bridgehead atoms. The van der Waals surface area contributed by atoms with E-state index in [0.29, 0.717) is 18.1 Å². The second kappa shape index (κ2) is 4.76. The lowest BCUT2D eigenvalue weighted by atomic mass is 10.1. The zero-order chi connectivity index (χ0) is 11.5. The number of nitrogens with zero attached hydrogens (tertiary/aromatic N) is 2. The van der Waals surface area contributed by atoms with Gasteiger partial charge in [0, 0.05) is 4.47 Å². The summed E-state index contributed by atoms with van der Waals surface area (Å²) < 4.78 is 6.05. The van der Waals surface area contributed by atoms with Crippen molar-refractivity contribution in [3.05, 3.63) is 46.0 Å². The Bertz CT molecular complexity index is 482. The van der Waals surface area contributed by atoms with Crippen molar-refractivity contribution >= 4 is 15.9 Å². The molecule has 0 saturated heterocycles. The standard InChI is InChI=1S/C11H11BrN2O2/c1-7(15)11-13-10(16-14-11)6-8-4-2-3-5-9(8)12/h2-5,7,15H,6H2,1H3. The lowest BCUT2D eigenvalue weighted by molar-refractivity contribution is 0.184. The number of hydrogen-bond acceptors (Lipinski definition) is 4. The number of aliphatic hydroxyl groups excluding tert-OH is 1. The molecule has 0 aliphatic carbocycles. The van der Waals surface area contributed by atoms with Crippen LogP contribution in [0.5, 0.6) is 0 Å². The number of aromatic nitrogens is 2. The van der Waals surface area contributed by atoms with Crippen molar-refractivity contribution in [2.24, 2.45) is 0 Å². The van der Waals surface area contributed by atoms with Gasteiger partial charge in [0.2, 0.25) is 5.89 Å². The largest absolute Gasteiger partial charge is 0.385 e. The van der Waals surface area contributed by atoms with Crippen LogP contribution in [0.4, 0.5) is 0 Å². The van der Waals surface area contributed by atoms with E-state index in [1.165, 1.54) is 0 Å². The minimum absolute atomic E-state index is 0.321. The molecule has 2 rings (SSSR count). The predicted octanol–water partition coefficient (Wildman–Crippen LogP) is 2.48. The van der Waals surface area contributed by atoms with Gasteiger partial charge in [-0.15, -0.1) is 0 Å². The molecule has 0 fully saturated rings. The summed E-state index contributed by atoms with van der Waals surface area (Å²) in [4.78, 5) is 4.10. The summed E-state index contributed by atoms with van der Waals surface area (Å²) in [6, 6.07) is 7.84. The van der Waals surface area contributed by atoms with Crippen molar-refractivity contribution in [1.82, 2.24) is 10.1 Å². The fourth-order valence-corrected chi connectivity index (χ4v) is 1.74. The number of rotatable bonds is 3. The fraction of sp³-hybridized carbons (Fsp3) is 0.273. The Labute approximate surface area is 101 Å². The highest BCUT2D eigenvalue weighted by atomic mass is 79.9. The van der Waals surface area contributed by atoms with Gasteiger partial charge in [-0.25, -0.2) is 0 Å². The summed E-state index contributed by atoms with van der Waals surface area (Å²) in [5.74, 6) is 0.824. The van der Waals surface area contributed by atoms with Crippen molar-refractivity contribution in [1.29, 1.82) is 0 Å². The van der Waals surface area contributed by atoms with Crippen LogP contribution < -0.4 is 0 Å². The van der Waals surface area contributed by atoms with Crippen LogP contribution >= 0.6 is 15.9 Å². The van der Waals surface area contributed by atoms with Crippen LogP contribution in [0.3, 0.4) is 0 Å². The first kappa shape index (κ1) is 11.3. The van der Waals surface area contributed by atoms with Gasteiger partial charge in [-0.2, -0.15) is 4.98 Å². The summed E-state index contributed by atoms with van der Waals surface area (Å²) >= 11 is 3.45. The maximum atomic E-state index is 9.26. The molecular formula is C11H11BrN2O2. The van der Waals surface area contributed by atoms with E-state index in [2.05, 4.69) is 26.1 Å². The Kier molecular flexibility index (Phi) is 3.36. The van der Waals surface area contributed by atoms with E-state index >= 15 is 0 Å². The van der Waals surface area contributed by atoms with Crippen molar-refractivity contribution in [3.8, 4) is 0 Å². The molecule has 1 unspecified atom stereocenters. The zero-order valence-corrected chi connectivity index (χ0v) is 10.3. The summed E-state index contributed by atoms with van der Waals surface area (Å²) in [5.41, 5.74) is 1.07. The highest BCUT2D eigenvalue weighted by Crippen LogP contribution is 2.19. The van der Waals surface area contributed by atoms with Gasteiger partial charge in [0.05, 0.1) is 6.42 Å². The van der Waals surface area contributed by atoms with Gasteiger partial charge >= 0.3 is 0 Å². The van der Waals surface area contributed by atoms with Crippen molar-refractivity contribution in [2.75, 3.05) is 0 Å². The average Bonchev–Trinajstić information content (AvgIpc) is 2.70. The SMILES string of the molecule is CC(O)c1noc(Cc2ccccc2Br)n1. The normalized spacial score (nSPS) is 12.7. The van der Waals surface area contributed by atoms with Gasteiger partial charge in [0.15, 0.2) is 5.82 Å². The summed E-state index contributed by atoms with van der Waals surface area (Å²) in [6.45, 7) is 1.60. The molecule has 1 aromatic heterocycles. The summed E-state index contributed by atoms with van der Waals surface area (Å²) in [5, 5.41) is 13.0. The number of hydrogen-bond donors (Lipinski definition) is 1. The van der Waals surface area contributed by atoms with Crippen molar-refractivity contribution in [2.45, 2.75) is 19.4 Å². The molecular weight excluding hydrogens is 272 g/mol. The first-order chi connectivity index (χ1) is 7.66. The topological polar surface area (TPSA) is 59.2 Å². The van der Waals surface area contributed by atoms with Crippen LogP contribution in [0.25, 0.3) is 0 Å². The third-order valence-corrected chi connectivity index (χ3v) is 2.93. The third kappa shape index (κ3) is 2.48. The van der Waals surface area contributed by atoms with Crippen LogP contribution in [0.15, 0.2) is 33.3 Å². The molecule has 0 amide bonds. The lowest BCUT2D eigenvalue weighted by Crippen LogP contribution is -1.94. The van der Waals surface area contributed by atoms with Crippen LogP contribution in [0, 0.1) is 0 Å². The number of aliphatic hydroxyl groups is 1. The molecule has 16 heavy (non-hydrogen) atoms. The monoisotopic (exact) mass is 282 g/mol. The Morgan fingerprint density at radius 3 is 2.81 bits per heavy atom. The van der Waals surface area contributed by atoms with Crippen LogP contribution in [0.2, 0.25) is 0 Å². The average molecular weight is 283 g/mol. The van der Waals surface area contributed by atoms with E-state index in [0.717, 1.165) is 10.0 Å². The van der Waals surface area contributed by atoms with E-state index < -0.39 is 6.10 Å². The number of benzene rings is 1. The van der Waals surface area contributed by atoms with Gasteiger partial charge in [-0.05, 0) is 18.6 Å². The summed E-state index contributed by atoms with van der Waals surface area (Å²) in [7, 11) is 0. The molecule has 0 spiro atoms. The van der Waals surface area contributed by atoms with E-state index in [9.17, 15) is 5.11 Å². The van der Waals surface area contributed by atoms with Gasteiger partial charge in [0.1, 0.15) is 6.10 Å². The van der Waals surface area contributed by atoms with E-state index in [1.807, 2.05) is 24.3 Å². The molecule has 1 N–H and O–H groups in total. The predicted molar refractivity (Wildman–Crippen MR) is 61.9 cm³/mol. The Morgan fingerprint density at radius 2 is 2.19 bits per heavy atom. The van der Waals surface area contributed by atoms with E-state index in [-0.39, 0.29) is 0 Å². The van der Waals surface area contributed by atoms with Crippen molar-refractivity contribution in [3.63, 3.8) is 0 Å². The fourth-order valence-electron chi connectivity index (χ4n) is 1.31. The van der Waals surface area contributed by atoms with Gasteiger partial charge in [-0.3, -0.25) is 0 Å².